The lowest BCUT2D eigenvalue weighted by Gasteiger charge is -2.38. The third-order valence-corrected chi connectivity index (χ3v) is 6.43. The largest absolute Gasteiger partial charge is 0.384 e. The van der Waals surface area contributed by atoms with Gasteiger partial charge in [0, 0.05) is 48.2 Å². The number of sulfone groups is 1. The van der Waals surface area contributed by atoms with Crippen LogP contribution in [0.1, 0.15) is 18.4 Å². The average molecular weight is 425 g/mol. The van der Waals surface area contributed by atoms with Crippen LogP contribution in [0, 0.1) is 10.1 Å². The molecular formula is C19H21ClN2O5S. The molecule has 0 atom stereocenters. The van der Waals surface area contributed by atoms with Gasteiger partial charge in [0.2, 0.25) is 0 Å². The van der Waals surface area contributed by atoms with E-state index in [1.54, 1.807) is 0 Å². The first-order valence-electron chi connectivity index (χ1n) is 8.77. The zero-order valence-corrected chi connectivity index (χ0v) is 16.9. The van der Waals surface area contributed by atoms with E-state index in [1.807, 2.05) is 24.3 Å². The fourth-order valence-electron chi connectivity index (χ4n) is 3.49. The molecule has 0 amide bonds. The van der Waals surface area contributed by atoms with Crippen molar-refractivity contribution in [3.63, 3.8) is 0 Å². The Bertz CT molecular complexity index is 988. The third kappa shape index (κ3) is 4.45. The summed E-state index contributed by atoms with van der Waals surface area (Å²) in [6.07, 6.45) is 2.53. The molecule has 7 nitrogen and oxygen atoms in total. The van der Waals surface area contributed by atoms with E-state index in [1.165, 1.54) is 18.2 Å². The van der Waals surface area contributed by atoms with Crippen LogP contribution in [0.25, 0.3) is 0 Å². The van der Waals surface area contributed by atoms with Gasteiger partial charge < -0.3 is 10.1 Å². The van der Waals surface area contributed by atoms with Gasteiger partial charge in [-0.2, -0.15) is 0 Å². The molecule has 2 aromatic rings. The molecule has 0 aromatic heterocycles. The molecule has 1 saturated heterocycles. The van der Waals surface area contributed by atoms with Crippen LogP contribution >= 0.6 is 11.6 Å². The molecule has 1 fully saturated rings. The number of hydrogen-bond acceptors (Lipinski definition) is 6. The number of nitro groups is 1. The van der Waals surface area contributed by atoms with Crippen molar-refractivity contribution in [1.29, 1.82) is 0 Å². The predicted octanol–water partition coefficient (Wildman–Crippen LogP) is 3.81. The Morgan fingerprint density at radius 3 is 2.54 bits per heavy atom. The molecule has 0 saturated carbocycles. The SMILES string of the molecule is CS(=O)(=O)c1cc(NCC2(c3cccc(Cl)c3)CCOCC2)ccc1[N+](=O)[O-]. The molecule has 0 radical (unpaired) electrons. The number of ether oxygens (including phenoxy) is 1. The normalized spacial score (nSPS) is 16.5. The van der Waals surface area contributed by atoms with Gasteiger partial charge in [0.25, 0.3) is 5.69 Å². The minimum absolute atomic E-state index is 0.226. The molecule has 1 aliphatic rings. The van der Waals surface area contributed by atoms with Gasteiger partial charge >= 0.3 is 0 Å². The third-order valence-electron chi connectivity index (χ3n) is 5.07. The van der Waals surface area contributed by atoms with E-state index in [2.05, 4.69) is 5.32 Å². The Labute approximate surface area is 168 Å². The first kappa shape index (κ1) is 20.6. The molecule has 0 unspecified atom stereocenters. The molecular weight excluding hydrogens is 404 g/mol. The number of anilines is 1. The second-order valence-corrected chi connectivity index (χ2v) is 9.39. The van der Waals surface area contributed by atoms with Crippen LogP contribution in [-0.2, 0) is 20.0 Å². The van der Waals surface area contributed by atoms with Crippen LogP contribution in [0.3, 0.4) is 0 Å². The van der Waals surface area contributed by atoms with Gasteiger partial charge in [-0.3, -0.25) is 10.1 Å². The van der Waals surface area contributed by atoms with Crippen molar-refractivity contribution < 1.29 is 18.1 Å². The fraction of sp³-hybridized carbons (Fsp3) is 0.368. The summed E-state index contributed by atoms with van der Waals surface area (Å²) >= 11 is 6.18. The summed E-state index contributed by atoms with van der Waals surface area (Å²) < 4.78 is 29.5. The van der Waals surface area contributed by atoms with E-state index in [0.29, 0.717) is 30.5 Å². The first-order valence-corrected chi connectivity index (χ1v) is 11.0. The molecule has 0 bridgehead atoms. The van der Waals surface area contributed by atoms with Gasteiger partial charge in [0.1, 0.15) is 4.90 Å². The van der Waals surface area contributed by atoms with Gasteiger partial charge in [0.05, 0.1) is 4.92 Å². The maximum Gasteiger partial charge on any atom is 0.288 e. The molecule has 28 heavy (non-hydrogen) atoms. The van der Waals surface area contributed by atoms with Gasteiger partial charge in [-0.1, -0.05) is 23.7 Å². The summed E-state index contributed by atoms with van der Waals surface area (Å²) in [5, 5.41) is 15.1. The predicted molar refractivity (Wildman–Crippen MR) is 108 cm³/mol. The Morgan fingerprint density at radius 1 is 1.21 bits per heavy atom. The smallest absolute Gasteiger partial charge is 0.288 e. The van der Waals surface area contributed by atoms with E-state index >= 15 is 0 Å². The lowest BCUT2D eigenvalue weighted by atomic mass is 9.74. The molecule has 0 spiro atoms. The highest BCUT2D eigenvalue weighted by Gasteiger charge is 2.34. The Morgan fingerprint density at radius 2 is 1.93 bits per heavy atom. The Hall–Kier alpha value is -2.16. The molecule has 1 heterocycles. The molecule has 9 heteroatoms. The van der Waals surface area contributed by atoms with Gasteiger partial charge in [-0.15, -0.1) is 0 Å². The number of rotatable bonds is 6. The molecule has 3 rings (SSSR count). The van der Waals surface area contributed by atoms with Gasteiger partial charge in [0.15, 0.2) is 9.84 Å². The topological polar surface area (TPSA) is 98.5 Å². The molecule has 150 valence electrons. The summed E-state index contributed by atoms with van der Waals surface area (Å²) in [5.74, 6) is 0. The van der Waals surface area contributed by atoms with Crippen LogP contribution in [0.5, 0.6) is 0 Å². The van der Waals surface area contributed by atoms with Crippen molar-refractivity contribution in [1.82, 2.24) is 0 Å². The summed E-state index contributed by atoms with van der Waals surface area (Å²) in [7, 11) is -3.74. The maximum atomic E-state index is 12.0. The quantitative estimate of drug-likeness (QED) is 0.559. The van der Waals surface area contributed by atoms with Crippen molar-refractivity contribution in [2.75, 3.05) is 31.3 Å². The van der Waals surface area contributed by atoms with Gasteiger partial charge in [-0.05, 0) is 42.7 Å². The van der Waals surface area contributed by atoms with Crippen LogP contribution in [0.2, 0.25) is 5.02 Å². The summed E-state index contributed by atoms with van der Waals surface area (Å²) in [6.45, 7) is 1.75. The van der Waals surface area contributed by atoms with Crippen molar-refractivity contribution in [2.45, 2.75) is 23.2 Å². The highest BCUT2D eigenvalue weighted by Crippen LogP contribution is 2.37. The van der Waals surface area contributed by atoms with E-state index in [0.717, 1.165) is 24.7 Å². The van der Waals surface area contributed by atoms with E-state index in [-0.39, 0.29) is 10.3 Å². The standard InChI is InChI=1S/C19H21ClN2O5S/c1-28(25,26)18-12-16(5-6-17(18)22(23)24)21-13-19(7-9-27-10-8-19)14-3-2-4-15(20)11-14/h2-6,11-12,21H,7-10,13H2,1H3. The van der Waals surface area contributed by atoms with Crippen LogP contribution in [0.15, 0.2) is 47.4 Å². The number of benzene rings is 2. The highest BCUT2D eigenvalue weighted by atomic mass is 35.5. The van der Waals surface area contributed by atoms with Crippen LogP contribution in [-0.4, -0.2) is 39.4 Å². The minimum Gasteiger partial charge on any atom is -0.384 e. The number of nitrogens with one attached hydrogen (secondary N) is 1. The van der Waals surface area contributed by atoms with Crippen molar-refractivity contribution in [3.8, 4) is 0 Å². The van der Waals surface area contributed by atoms with Crippen molar-refractivity contribution in [3.05, 3.63) is 63.2 Å². The highest BCUT2D eigenvalue weighted by molar-refractivity contribution is 7.90. The summed E-state index contributed by atoms with van der Waals surface area (Å²) in [4.78, 5) is 10.2. The van der Waals surface area contributed by atoms with Crippen LogP contribution < -0.4 is 5.32 Å². The average Bonchev–Trinajstić information content (AvgIpc) is 2.66. The van der Waals surface area contributed by atoms with Crippen molar-refractivity contribution >= 4 is 32.8 Å². The van der Waals surface area contributed by atoms with Gasteiger partial charge in [-0.25, -0.2) is 8.42 Å². The molecule has 1 aliphatic heterocycles. The number of nitro benzene ring substituents is 1. The summed E-state index contributed by atoms with van der Waals surface area (Å²) in [6, 6.07) is 11.7. The maximum absolute atomic E-state index is 12.0. The molecule has 0 aliphatic carbocycles. The first-order chi connectivity index (χ1) is 13.2. The fourth-order valence-corrected chi connectivity index (χ4v) is 4.54. The Balaban J connectivity index is 1.91. The molecule has 1 N–H and O–H groups in total. The lowest BCUT2D eigenvalue weighted by molar-refractivity contribution is -0.387. The summed E-state index contributed by atoms with van der Waals surface area (Å²) in [5.41, 5.74) is 0.944. The lowest BCUT2D eigenvalue weighted by Crippen LogP contribution is -2.40. The minimum atomic E-state index is -3.74. The Kier molecular flexibility index (Phi) is 5.92. The van der Waals surface area contributed by atoms with E-state index < -0.39 is 20.4 Å². The number of halogens is 1. The zero-order valence-electron chi connectivity index (χ0n) is 15.4. The van der Waals surface area contributed by atoms with E-state index in [4.69, 9.17) is 16.3 Å². The zero-order chi connectivity index (χ0) is 20.4. The molecule has 2 aromatic carbocycles. The monoisotopic (exact) mass is 424 g/mol. The second-order valence-electron chi connectivity index (χ2n) is 6.97. The van der Waals surface area contributed by atoms with Crippen LogP contribution in [0.4, 0.5) is 11.4 Å². The number of hydrogen-bond donors (Lipinski definition) is 1. The van der Waals surface area contributed by atoms with E-state index in [9.17, 15) is 18.5 Å². The van der Waals surface area contributed by atoms with Crippen molar-refractivity contribution in [2.24, 2.45) is 0 Å². The number of nitrogens with zero attached hydrogens (tertiary/aromatic N) is 1. The second kappa shape index (κ2) is 8.06.